The van der Waals surface area contributed by atoms with Crippen LogP contribution in [0.4, 0.5) is 0 Å². The minimum atomic E-state index is -0.280. The lowest BCUT2D eigenvalue weighted by molar-refractivity contribution is -0.124. The van der Waals surface area contributed by atoms with Crippen LogP contribution in [0.1, 0.15) is 30.7 Å². The van der Waals surface area contributed by atoms with Crippen molar-refractivity contribution >= 4 is 5.91 Å². The van der Waals surface area contributed by atoms with E-state index in [1.165, 1.54) is 5.56 Å². The Bertz CT molecular complexity index is 650. The summed E-state index contributed by atoms with van der Waals surface area (Å²) in [6.45, 7) is 3.33. The van der Waals surface area contributed by atoms with Crippen LogP contribution >= 0.6 is 0 Å². The standard InChI is InChI=1S/C16H20N4O2/c1-11-5-7-12(8-6-11)16-18-14(22-19-16)10-20-9-3-2-4-13(20)15(17)21/h5-8,13H,2-4,9-10H2,1H3,(H2,17,21)/t13-/m0/s1. The molecule has 1 amide bonds. The van der Waals surface area contributed by atoms with E-state index in [0.29, 0.717) is 18.3 Å². The molecule has 22 heavy (non-hydrogen) atoms. The minimum Gasteiger partial charge on any atom is -0.368 e. The number of carbonyl (C=O) groups is 1. The van der Waals surface area contributed by atoms with E-state index in [0.717, 1.165) is 31.4 Å². The number of rotatable bonds is 4. The average molecular weight is 300 g/mol. The van der Waals surface area contributed by atoms with Gasteiger partial charge in [0.2, 0.25) is 17.6 Å². The average Bonchev–Trinajstić information content (AvgIpc) is 2.97. The Balaban J connectivity index is 1.73. The van der Waals surface area contributed by atoms with Gasteiger partial charge in [-0.2, -0.15) is 4.98 Å². The molecule has 1 aromatic heterocycles. The van der Waals surface area contributed by atoms with Crippen molar-refractivity contribution in [3.8, 4) is 11.4 Å². The molecule has 6 heteroatoms. The molecule has 6 nitrogen and oxygen atoms in total. The van der Waals surface area contributed by atoms with Crippen LogP contribution in [-0.4, -0.2) is 33.5 Å². The van der Waals surface area contributed by atoms with Gasteiger partial charge < -0.3 is 10.3 Å². The predicted molar refractivity (Wildman–Crippen MR) is 81.7 cm³/mol. The summed E-state index contributed by atoms with van der Waals surface area (Å²) in [6.07, 6.45) is 2.89. The summed E-state index contributed by atoms with van der Waals surface area (Å²) in [5, 5.41) is 4.02. The fourth-order valence-corrected chi connectivity index (χ4v) is 2.82. The fourth-order valence-electron chi connectivity index (χ4n) is 2.82. The van der Waals surface area contributed by atoms with Gasteiger partial charge >= 0.3 is 0 Å². The van der Waals surface area contributed by atoms with Gasteiger partial charge in [0, 0.05) is 5.56 Å². The second kappa shape index (κ2) is 6.27. The molecule has 0 aliphatic carbocycles. The molecule has 1 atom stereocenters. The highest BCUT2D eigenvalue weighted by molar-refractivity contribution is 5.79. The SMILES string of the molecule is Cc1ccc(-c2noc(CN3CCCC[C@H]3C(N)=O)n2)cc1. The van der Waals surface area contributed by atoms with E-state index in [1.54, 1.807) is 0 Å². The zero-order valence-electron chi connectivity index (χ0n) is 12.7. The molecular weight excluding hydrogens is 280 g/mol. The Kier molecular flexibility index (Phi) is 4.20. The smallest absolute Gasteiger partial charge is 0.241 e. The van der Waals surface area contributed by atoms with Gasteiger partial charge in [0.05, 0.1) is 12.6 Å². The highest BCUT2D eigenvalue weighted by Gasteiger charge is 2.28. The predicted octanol–water partition coefficient (Wildman–Crippen LogP) is 1.88. The Morgan fingerprint density at radius 3 is 2.86 bits per heavy atom. The van der Waals surface area contributed by atoms with Gasteiger partial charge in [-0.3, -0.25) is 9.69 Å². The highest BCUT2D eigenvalue weighted by Crippen LogP contribution is 2.21. The Morgan fingerprint density at radius 1 is 1.36 bits per heavy atom. The third-order valence-electron chi connectivity index (χ3n) is 4.06. The maximum atomic E-state index is 11.5. The van der Waals surface area contributed by atoms with Crippen LogP contribution < -0.4 is 5.73 Å². The first-order valence-corrected chi connectivity index (χ1v) is 7.56. The lowest BCUT2D eigenvalue weighted by atomic mass is 10.0. The van der Waals surface area contributed by atoms with E-state index in [9.17, 15) is 4.79 Å². The van der Waals surface area contributed by atoms with E-state index in [-0.39, 0.29) is 11.9 Å². The molecule has 0 unspecified atom stereocenters. The number of likely N-dealkylation sites (tertiary alicyclic amines) is 1. The van der Waals surface area contributed by atoms with Gasteiger partial charge in [-0.05, 0) is 26.3 Å². The molecule has 1 aliphatic rings. The van der Waals surface area contributed by atoms with Crippen LogP contribution in [0.3, 0.4) is 0 Å². The molecule has 0 saturated carbocycles. The summed E-state index contributed by atoms with van der Waals surface area (Å²) in [6, 6.07) is 7.73. The zero-order chi connectivity index (χ0) is 15.5. The largest absolute Gasteiger partial charge is 0.368 e. The molecule has 1 fully saturated rings. The number of carbonyl (C=O) groups excluding carboxylic acids is 1. The molecular formula is C16H20N4O2. The van der Waals surface area contributed by atoms with Crippen LogP contribution in [0.5, 0.6) is 0 Å². The maximum absolute atomic E-state index is 11.5. The van der Waals surface area contributed by atoms with E-state index in [4.69, 9.17) is 10.3 Å². The number of aryl methyl sites for hydroxylation is 1. The van der Waals surface area contributed by atoms with Crippen molar-refractivity contribution in [1.82, 2.24) is 15.0 Å². The van der Waals surface area contributed by atoms with Crippen LogP contribution in [-0.2, 0) is 11.3 Å². The normalized spacial score (nSPS) is 19.2. The summed E-state index contributed by atoms with van der Waals surface area (Å²) < 4.78 is 5.33. The molecule has 2 N–H and O–H groups in total. The molecule has 0 spiro atoms. The number of amides is 1. The Labute approximate surface area is 129 Å². The van der Waals surface area contributed by atoms with Crippen molar-refractivity contribution in [3.63, 3.8) is 0 Å². The molecule has 1 aliphatic heterocycles. The van der Waals surface area contributed by atoms with Crippen LogP contribution in [0.25, 0.3) is 11.4 Å². The number of nitrogens with two attached hydrogens (primary N) is 1. The van der Waals surface area contributed by atoms with Crippen molar-refractivity contribution in [1.29, 1.82) is 0 Å². The van der Waals surface area contributed by atoms with Gasteiger partial charge in [0.25, 0.3) is 0 Å². The molecule has 0 bridgehead atoms. The highest BCUT2D eigenvalue weighted by atomic mass is 16.5. The number of piperidine rings is 1. The maximum Gasteiger partial charge on any atom is 0.241 e. The van der Waals surface area contributed by atoms with Crippen molar-refractivity contribution in [3.05, 3.63) is 35.7 Å². The van der Waals surface area contributed by atoms with E-state index >= 15 is 0 Å². The first-order chi connectivity index (χ1) is 10.6. The van der Waals surface area contributed by atoms with Crippen LogP contribution in [0.2, 0.25) is 0 Å². The van der Waals surface area contributed by atoms with E-state index in [2.05, 4.69) is 10.1 Å². The third-order valence-corrected chi connectivity index (χ3v) is 4.06. The van der Waals surface area contributed by atoms with Gasteiger partial charge in [-0.25, -0.2) is 0 Å². The number of aromatic nitrogens is 2. The van der Waals surface area contributed by atoms with Gasteiger partial charge in [0.1, 0.15) is 0 Å². The van der Waals surface area contributed by atoms with Crippen molar-refractivity contribution in [2.45, 2.75) is 38.8 Å². The monoisotopic (exact) mass is 300 g/mol. The number of hydrogen-bond acceptors (Lipinski definition) is 5. The number of benzene rings is 1. The fraction of sp³-hybridized carbons (Fsp3) is 0.438. The number of hydrogen-bond donors (Lipinski definition) is 1. The summed E-state index contributed by atoms with van der Waals surface area (Å²) >= 11 is 0. The van der Waals surface area contributed by atoms with Crippen LogP contribution in [0, 0.1) is 6.92 Å². The molecule has 2 heterocycles. The molecule has 116 valence electrons. The second-order valence-corrected chi connectivity index (χ2v) is 5.76. The van der Waals surface area contributed by atoms with Crippen LogP contribution in [0.15, 0.2) is 28.8 Å². The van der Waals surface area contributed by atoms with Gasteiger partial charge in [0.15, 0.2) is 0 Å². The number of primary amides is 1. The molecule has 0 radical (unpaired) electrons. The molecule has 1 saturated heterocycles. The lowest BCUT2D eigenvalue weighted by Crippen LogP contribution is -2.47. The zero-order valence-corrected chi connectivity index (χ0v) is 12.7. The minimum absolute atomic E-state index is 0.233. The van der Waals surface area contributed by atoms with E-state index in [1.807, 2.05) is 36.1 Å². The summed E-state index contributed by atoms with van der Waals surface area (Å²) in [5.74, 6) is 0.810. The van der Waals surface area contributed by atoms with Gasteiger partial charge in [-0.1, -0.05) is 41.4 Å². The summed E-state index contributed by atoms with van der Waals surface area (Å²) in [4.78, 5) is 18.0. The summed E-state index contributed by atoms with van der Waals surface area (Å²) in [7, 11) is 0. The topological polar surface area (TPSA) is 85.3 Å². The first kappa shape index (κ1) is 14.7. The molecule has 3 rings (SSSR count). The first-order valence-electron chi connectivity index (χ1n) is 7.56. The van der Waals surface area contributed by atoms with Crippen molar-refractivity contribution in [2.75, 3.05) is 6.54 Å². The quantitative estimate of drug-likeness (QED) is 0.932. The third kappa shape index (κ3) is 3.17. The van der Waals surface area contributed by atoms with Crippen molar-refractivity contribution < 1.29 is 9.32 Å². The van der Waals surface area contributed by atoms with Crippen molar-refractivity contribution in [2.24, 2.45) is 5.73 Å². The Morgan fingerprint density at radius 2 is 2.14 bits per heavy atom. The lowest BCUT2D eigenvalue weighted by Gasteiger charge is -2.32. The Hall–Kier alpha value is -2.21. The molecule has 2 aromatic rings. The van der Waals surface area contributed by atoms with Gasteiger partial charge in [-0.15, -0.1) is 0 Å². The second-order valence-electron chi connectivity index (χ2n) is 5.76. The van der Waals surface area contributed by atoms with E-state index < -0.39 is 0 Å². The molecule has 1 aromatic carbocycles. The summed E-state index contributed by atoms with van der Waals surface area (Å²) in [5.41, 5.74) is 7.58. The number of nitrogens with zero attached hydrogens (tertiary/aromatic N) is 3.